The smallest absolute Gasteiger partial charge is 0.138 e. The van der Waals surface area contributed by atoms with Crippen LogP contribution in [-0.2, 0) is 0 Å². The Kier molecular flexibility index (Phi) is 5.40. The minimum atomic E-state index is 0.819. The molecule has 9 aromatic rings. The van der Waals surface area contributed by atoms with E-state index >= 15 is 0 Å². The summed E-state index contributed by atoms with van der Waals surface area (Å²) in [4.78, 5) is 18.9. The number of para-hydroxylation sites is 2. The number of fused-ring (bicyclic) bond motifs is 6. The summed E-state index contributed by atoms with van der Waals surface area (Å²) < 4.78 is 4.49. The first kappa shape index (κ1) is 24.5. The van der Waals surface area contributed by atoms with E-state index in [4.69, 9.17) is 9.97 Å². The molecule has 0 aliphatic carbocycles. The maximum atomic E-state index is 5.10. The van der Waals surface area contributed by atoms with E-state index < -0.39 is 0 Å². The van der Waals surface area contributed by atoms with Gasteiger partial charge in [-0.25, -0.2) is 9.97 Å². The molecule has 6 heterocycles. The number of aromatic nitrogens is 6. The van der Waals surface area contributed by atoms with E-state index in [9.17, 15) is 0 Å². The normalized spacial score (nSPS) is 11.6. The molecule has 0 spiro atoms. The topological polar surface area (TPSA) is 61.4 Å². The Morgan fingerprint density at radius 3 is 1.64 bits per heavy atom. The van der Waals surface area contributed by atoms with Crippen LogP contribution in [0.3, 0.4) is 0 Å². The molecule has 44 heavy (non-hydrogen) atoms. The van der Waals surface area contributed by atoms with Crippen LogP contribution >= 0.6 is 0 Å². The summed E-state index contributed by atoms with van der Waals surface area (Å²) in [7, 11) is 0. The van der Waals surface area contributed by atoms with Gasteiger partial charge in [-0.1, -0.05) is 60.7 Å². The zero-order valence-corrected chi connectivity index (χ0v) is 23.5. The number of pyridine rings is 4. The molecule has 206 valence electrons. The van der Waals surface area contributed by atoms with Gasteiger partial charge in [-0.3, -0.25) is 14.5 Å². The Morgan fingerprint density at radius 2 is 0.932 bits per heavy atom. The fourth-order valence-corrected chi connectivity index (χ4v) is 6.37. The molecule has 6 nitrogen and oxygen atoms in total. The van der Waals surface area contributed by atoms with Crippen LogP contribution in [0.4, 0.5) is 0 Å². The van der Waals surface area contributed by atoms with Crippen molar-refractivity contribution in [1.29, 1.82) is 0 Å². The standard InChI is InChI=1S/C38H24N6/c1-3-12-34-27(7-1)29-23-39-21-19-36(29)43(34)26-17-15-25(16-18-26)31-9-5-10-32(41-31)33-11-6-14-38(42-33)44-35-13-4-2-8-28(35)30-24-40-22-20-37(30)44/h1-24H. The van der Waals surface area contributed by atoms with Gasteiger partial charge in [0, 0.05) is 57.6 Å². The number of hydrogen-bond donors (Lipinski definition) is 0. The minimum absolute atomic E-state index is 0.819. The lowest BCUT2D eigenvalue weighted by Crippen LogP contribution is -1.99. The summed E-state index contributed by atoms with van der Waals surface area (Å²) in [6.07, 6.45) is 7.55. The Balaban J connectivity index is 1.11. The average Bonchev–Trinajstić information content (AvgIpc) is 3.62. The first-order valence-corrected chi connectivity index (χ1v) is 14.6. The van der Waals surface area contributed by atoms with Gasteiger partial charge in [0.15, 0.2) is 0 Å². The zero-order chi connectivity index (χ0) is 29.0. The molecule has 0 unspecified atom stereocenters. The van der Waals surface area contributed by atoms with Gasteiger partial charge in [-0.2, -0.15) is 0 Å². The fourth-order valence-electron chi connectivity index (χ4n) is 6.37. The van der Waals surface area contributed by atoms with Crippen LogP contribution < -0.4 is 0 Å². The third kappa shape index (κ3) is 3.75. The van der Waals surface area contributed by atoms with Gasteiger partial charge < -0.3 is 4.57 Å². The Hall–Kier alpha value is -6.14. The molecule has 0 aliphatic heterocycles. The minimum Gasteiger partial charge on any atom is -0.309 e. The molecule has 0 saturated carbocycles. The number of benzene rings is 3. The van der Waals surface area contributed by atoms with Crippen LogP contribution in [0, 0.1) is 0 Å². The highest BCUT2D eigenvalue weighted by Gasteiger charge is 2.15. The molecule has 0 fully saturated rings. The van der Waals surface area contributed by atoms with Crippen LogP contribution in [0.15, 0.2) is 146 Å². The van der Waals surface area contributed by atoms with Crippen molar-refractivity contribution in [2.24, 2.45) is 0 Å². The largest absolute Gasteiger partial charge is 0.309 e. The average molecular weight is 565 g/mol. The van der Waals surface area contributed by atoms with E-state index in [1.165, 1.54) is 5.39 Å². The fraction of sp³-hybridized carbons (Fsp3) is 0. The van der Waals surface area contributed by atoms with Crippen molar-refractivity contribution in [3.63, 3.8) is 0 Å². The molecule has 0 radical (unpaired) electrons. The maximum Gasteiger partial charge on any atom is 0.138 e. The second kappa shape index (κ2) is 9.71. The third-order valence-electron chi connectivity index (χ3n) is 8.34. The number of nitrogens with zero attached hydrogens (tertiary/aromatic N) is 6. The van der Waals surface area contributed by atoms with E-state index in [1.54, 1.807) is 0 Å². The van der Waals surface area contributed by atoms with Gasteiger partial charge >= 0.3 is 0 Å². The predicted octanol–water partition coefficient (Wildman–Crippen LogP) is 8.79. The second-order valence-corrected chi connectivity index (χ2v) is 10.8. The monoisotopic (exact) mass is 564 g/mol. The highest BCUT2D eigenvalue weighted by molar-refractivity contribution is 6.09. The van der Waals surface area contributed by atoms with Crippen LogP contribution in [0.25, 0.3) is 77.8 Å². The van der Waals surface area contributed by atoms with Crippen molar-refractivity contribution in [2.45, 2.75) is 0 Å². The van der Waals surface area contributed by atoms with E-state index in [0.717, 1.165) is 72.4 Å². The zero-order valence-electron chi connectivity index (χ0n) is 23.5. The highest BCUT2D eigenvalue weighted by Crippen LogP contribution is 2.33. The SMILES string of the molecule is c1cc(-c2ccc(-n3c4ccccc4c4cnccc43)cc2)nc(-c2cccc(-n3c4ccccc4c4cnccc43)n2)c1. The first-order chi connectivity index (χ1) is 21.8. The summed E-state index contributed by atoms with van der Waals surface area (Å²) in [6, 6.07) is 41.8. The van der Waals surface area contributed by atoms with E-state index in [1.807, 2.05) is 61.2 Å². The summed E-state index contributed by atoms with van der Waals surface area (Å²) in [5.74, 6) is 0.845. The molecule has 0 bridgehead atoms. The first-order valence-electron chi connectivity index (χ1n) is 14.6. The van der Waals surface area contributed by atoms with Crippen LogP contribution in [0.2, 0.25) is 0 Å². The predicted molar refractivity (Wildman–Crippen MR) is 177 cm³/mol. The summed E-state index contributed by atoms with van der Waals surface area (Å²) in [6.45, 7) is 0. The van der Waals surface area contributed by atoms with E-state index in [0.29, 0.717) is 0 Å². The molecule has 0 saturated heterocycles. The molecule has 0 atom stereocenters. The molecule has 6 heteroatoms. The van der Waals surface area contributed by atoms with Crippen molar-refractivity contribution in [3.8, 4) is 34.2 Å². The molecule has 6 aromatic heterocycles. The Morgan fingerprint density at radius 1 is 0.386 bits per heavy atom. The lowest BCUT2D eigenvalue weighted by molar-refractivity contribution is 1.08. The number of rotatable bonds is 4. The Labute approximate surface area is 252 Å². The van der Waals surface area contributed by atoms with Gasteiger partial charge in [0.25, 0.3) is 0 Å². The van der Waals surface area contributed by atoms with Crippen molar-refractivity contribution in [1.82, 2.24) is 29.1 Å². The molecular weight excluding hydrogens is 540 g/mol. The van der Waals surface area contributed by atoms with Crippen molar-refractivity contribution in [2.75, 3.05) is 0 Å². The van der Waals surface area contributed by atoms with Crippen LogP contribution in [0.1, 0.15) is 0 Å². The van der Waals surface area contributed by atoms with Crippen molar-refractivity contribution < 1.29 is 0 Å². The summed E-state index contributed by atoms with van der Waals surface area (Å²) >= 11 is 0. The summed E-state index contributed by atoms with van der Waals surface area (Å²) in [5, 5.41) is 4.61. The van der Waals surface area contributed by atoms with E-state index in [2.05, 4.69) is 104 Å². The quantitative estimate of drug-likeness (QED) is 0.214. The van der Waals surface area contributed by atoms with Crippen molar-refractivity contribution in [3.05, 3.63) is 146 Å². The molecule has 9 rings (SSSR count). The van der Waals surface area contributed by atoms with Gasteiger partial charge in [0.05, 0.1) is 39.1 Å². The van der Waals surface area contributed by atoms with Gasteiger partial charge in [-0.15, -0.1) is 0 Å². The third-order valence-corrected chi connectivity index (χ3v) is 8.34. The highest BCUT2D eigenvalue weighted by atomic mass is 15.1. The lowest BCUT2D eigenvalue weighted by atomic mass is 10.1. The molecule has 0 N–H and O–H groups in total. The molecular formula is C38H24N6. The summed E-state index contributed by atoms with van der Waals surface area (Å²) in [5.41, 5.74) is 9.16. The van der Waals surface area contributed by atoms with Gasteiger partial charge in [0.1, 0.15) is 5.82 Å². The van der Waals surface area contributed by atoms with Gasteiger partial charge in [0.2, 0.25) is 0 Å². The van der Waals surface area contributed by atoms with Crippen LogP contribution in [-0.4, -0.2) is 29.1 Å². The molecule has 0 amide bonds. The number of hydrogen-bond acceptors (Lipinski definition) is 4. The maximum absolute atomic E-state index is 5.10. The van der Waals surface area contributed by atoms with Crippen LogP contribution in [0.5, 0.6) is 0 Å². The molecule has 3 aromatic carbocycles. The Bertz CT molecular complexity index is 2400. The van der Waals surface area contributed by atoms with Gasteiger partial charge in [-0.05, 0) is 60.7 Å². The van der Waals surface area contributed by atoms with E-state index in [-0.39, 0.29) is 0 Å². The van der Waals surface area contributed by atoms with Crippen molar-refractivity contribution >= 4 is 43.6 Å². The molecule has 0 aliphatic rings. The second-order valence-electron chi connectivity index (χ2n) is 10.8. The lowest BCUT2D eigenvalue weighted by Gasteiger charge is -2.11.